The lowest BCUT2D eigenvalue weighted by molar-refractivity contribution is -0.144. The average molecular weight is 411 g/mol. The zero-order valence-electron chi connectivity index (χ0n) is 15.2. The Balaban J connectivity index is 2.20. The maximum Gasteiger partial charge on any atom is 0.272 e. The lowest BCUT2D eigenvalue weighted by atomic mass is 9.91. The van der Waals surface area contributed by atoms with Crippen molar-refractivity contribution in [3.63, 3.8) is 0 Å². The summed E-state index contributed by atoms with van der Waals surface area (Å²) in [4.78, 5) is 14.4. The second-order valence-electron chi connectivity index (χ2n) is 6.88. The van der Waals surface area contributed by atoms with Crippen molar-refractivity contribution in [2.24, 2.45) is 5.14 Å². The van der Waals surface area contributed by atoms with Gasteiger partial charge in [0.15, 0.2) is 11.9 Å². The fraction of sp³-hybridized carbons (Fsp3) is 0.389. The number of benzene rings is 1. The maximum absolute atomic E-state index is 12.6. The Kier molecular flexibility index (Phi) is 5.66. The van der Waals surface area contributed by atoms with Crippen LogP contribution in [0.15, 0.2) is 53.4 Å². The summed E-state index contributed by atoms with van der Waals surface area (Å²) in [7, 11) is -4.06. The van der Waals surface area contributed by atoms with Gasteiger partial charge in [0, 0.05) is 25.1 Å². The van der Waals surface area contributed by atoms with Crippen molar-refractivity contribution in [2.45, 2.75) is 30.9 Å². The van der Waals surface area contributed by atoms with Gasteiger partial charge in [0.25, 0.3) is 5.12 Å². The van der Waals surface area contributed by atoms with E-state index in [1.807, 2.05) is 18.2 Å². The summed E-state index contributed by atoms with van der Waals surface area (Å²) >= 11 is 0.818. The van der Waals surface area contributed by atoms with Crippen LogP contribution in [0.3, 0.4) is 0 Å². The smallest absolute Gasteiger partial charge is 0.272 e. The van der Waals surface area contributed by atoms with Crippen LogP contribution in [0.25, 0.3) is 0 Å². The van der Waals surface area contributed by atoms with Crippen LogP contribution >= 0.6 is 11.9 Å². The van der Waals surface area contributed by atoms with E-state index in [0.717, 1.165) is 37.9 Å². The van der Waals surface area contributed by atoms with Crippen LogP contribution in [-0.2, 0) is 14.8 Å². The van der Waals surface area contributed by atoms with Gasteiger partial charge in [0.05, 0.1) is 5.70 Å². The maximum atomic E-state index is 12.6. The molecule has 0 aromatic heterocycles. The quantitative estimate of drug-likeness (QED) is 0.704. The van der Waals surface area contributed by atoms with Gasteiger partial charge in [-0.25, -0.2) is 13.6 Å². The van der Waals surface area contributed by atoms with Crippen LogP contribution in [-0.4, -0.2) is 36.3 Å². The second-order valence-corrected chi connectivity index (χ2v) is 9.53. The Morgan fingerprint density at radius 1 is 1.26 bits per heavy atom. The Morgan fingerprint density at radius 3 is 2.44 bits per heavy atom. The number of hydrogen-bond donors (Lipinski definition) is 2. The van der Waals surface area contributed by atoms with Crippen LogP contribution in [0.4, 0.5) is 0 Å². The first-order chi connectivity index (χ1) is 12.8. The average Bonchev–Trinajstić information content (AvgIpc) is 3.17. The van der Waals surface area contributed by atoms with Crippen molar-refractivity contribution in [1.29, 1.82) is 0 Å². The van der Waals surface area contributed by atoms with E-state index in [1.54, 1.807) is 18.2 Å². The molecule has 146 valence electrons. The molecule has 1 aromatic rings. The predicted molar refractivity (Wildman–Crippen MR) is 105 cm³/mol. The largest absolute Gasteiger partial charge is 0.458 e. The molecule has 1 atom stereocenters. The highest BCUT2D eigenvalue weighted by atomic mass is 32.2. The SMILES string of the molecule is CC1(S(N)(=O)=O)CC(C(=O)S[NH3+])=CC(N2CCCC2)=C1Oc1ccccc1. The van der Waals surface area contributed by atoms with Gasteiger partial charge in [-0.05, 0) is 38.0 Å². The summed E-state index contributed by atoms with van der Waals surface area (Å²) in [6.07, 6.45) is 3.68. The Bertz CT molecular complexity index is 890. The monoisotopic (exact) mass is 410 g/mol. The number of hydrogen-bond acceptors (Lipinski definition) is 6. The molecule has 7 nitrogen and oxygen atoms in total. The van der Waals surface area contributed by atoms with E-state index in [9.17, 15) is 13.2 Å². The first kappa shape index (κ1) is 19.9. The van der Waals surface area contributed by atoms with Crippen molar-refractivity contribution in [3.05, 3.63) is 53.4 Å². The molecule has 27 heavy (non-hydrogen) atoms. The molecule has 1 fully saturated rings. The molecule has 1 aliphatic carbocycles. The highest BCUT2D eigenvalue weighted by Gasteiger charge is 2.49. The van der Waals surface area contributed by atoms with E-state index in [1.165, 1.54) is 6.92 Å². The minimum atomic E-state index is -4.06. The number of primary sulfonamides is 1. The van der Waals surface area contributed by atoms with Gasteiger partial charge in [0.1, 0.15) is 16.3 Å². The van der Waals surface area contributed by atoms with Gasteiger partial charge in [-0.2, -0.15) is 0 Å². The number of carbonyl (C=O) groups excluding carboxylic acids is 1. The lowest BCUT2D eigenvalue weighted by Crippen LogP contribution is -2.48. The minimum Gasteiger partial charge on any atom is -0.458 e. The molecule has 1 aliphatic heterocycles. The van der Waals surface area contributed by atoms with Gasteiger partial charge in [-0.15, -0.1) is 0 Å². The number of nitrogens with zero attached hydrogens (tertiary/aromatic N) is 1. The highest BCUT2D eigenvalue weighted by molar-refractivity contribution is 8.08. The van der Waals surface area contributed by atoms with Gasteiger partial charge < -0.3 is 9.64 Å². The summed E-state index contributed by atoms with van der Waals surface area (Å²) in [5.74, 6) is 0.789. The van der Waals surface area contributed by atoms with Crippen LogP contribution in [0.2, 0.25) is 0 Å². The molecule has 1 heterocycles. The fourth-order valence-corrected chi connectivity index (χ4v) is 4.49. The third kappa shape index (κ3) is 3.91. The van der Waals surface area contributed by atoms with E-state index >= 15 is 0 Å². The summed E-state index contributed by atoms with van der Waals surface area (Å²) in [6.45, 7) is 3.06. The number of likely N-dealkylation sites (tertiary alicyclic amines) is 1. The molecule has 0 bridgehead atoms. The number of sulfonamides is 1. The van der Waals surface area contributed by atoms with Crippen LogP contribution in [0, 0.1) is 0 Å². The summed E-state index contributed by atoms with van der Waals surface area (Å²) in [6, 6.07) is 8.99. The Labute approximate surface area is 163 Å². The number of para-hydroxylation sites is 1. The predicted octanol–water partition coefficient (Wildman–Crippen LogP) is 1.17. The highest BCUT2D eigenvalue weighted by Crippen LogP contribution is 2.41. The molecule has 0 spiro atoms. The number of ether oxygens (including phenoxy) is 1. The van der Waals surface area contributed by atoms with Crippen LogP contribution in [0.5, 0.6) is 5.75 Å². The standard InChI is InChI=1S/C18H23N3O4S2/c1-18(27(20,23)24)12-13(17(22)26-19)11-15(21-9-5-6-10-21)16(18)25-14-7-3-2-4-8-14/h2-4,7-8,11H,5-6,9-10,12,19H2,1H3,(H2,20,23,24)/p+1. The lowest BCUT2D eigenvalue weighted by Gasteiger charge is -2.37. The van der Waals surface area contributed by atoms with Crippen molar-refractivity contribution < 1.29 is 23.1 Å². The zero-order chi connectivity index (χ0) is 19.7. The van der Waals surface area contributed by atoms with E-state index < -0.39 is 14.8 Å². The number of nitrogens with two attached hydrogens (primary N) is 1. The minimum absolute atomic E-state index is 0.0489. The third-order valence-corrected chi connectivity index (χ3v) is 7.09. The summed E-state index contributed by atoms with van der Waals surface area (Å²) in [5, 5.41) is 8.93. The Hall–Kier alpha value is -1.81. The molecule has 2 aliphatic rings. The number of quaternary nitrogens is 1. The number of rotatable bonds is 5. The molecule has 1 unspecified atom stereocenters. The molecule has 0 radical (unpaired) electrons. The first-order valence-corrected chi connectivity index (χ1v) is 11.2. The number of allylic oxidation sites excluding steroid dienone is 1. The van der Waals surface area contributed by atoms with E-state index in [2.05, 4.69) is 10.0 Å². The van der Waals surface area contributed by atoms with E-state index in [-0.39, 0.29) is 17.3 Å². The molecule has 1 aromatic carbocycles. The molecule has 1 saturated heterocycles. The molecule has 9 heteroatoms. The van der Waals surface area contributed by atoms with Gasteiger partial charge >= 0.3 is 0 Å². The molecule has 5 N–H and O–H groups in total. The molecule has 0 amide bonds. The van der Waals surface area contributed by atoms with Crippen molar-refractivity contribution in [3.8, 4) is 5.75 Å². The van der Waals surface area contributed by atoms with Crippen molar-refractivity contribution >= 4 is 27.1 Å². The summed E-state index contributed by atoms with van der Waals surface area (Å²) in [5.41, 5.74) is 0.991. The van der Waals surface area contributed by atoms with E-state index in [4.69, 9.17) is 9.88 Å². The summed E-state index contributed by atoms with van der Waals surface area (Å²) < 4.78 is 29.8. The van der Waals surface area contributed by atoms with Crippen LogP contribution < -0.4 is 15.0 Å². The Morgan fingerprint density at radius 2 is 1.89 bits per heavy atom. The van der Waals surface area contributed by atoms with Gasteiger partial charge in [-0.1, -0.05) is 18.2 Å². The molecule has 3 rings (SSSR count). The van der Waals surface area contributed by atoms with Gasteiger partial charge in [0.2, 0.25) is 10.0 Å². The fourth-order valence-electron chi connectivity index (χ4n) is 3.41. The first-order valence-electron chi connectivity index (χ1n) is 8.68. The van der Waals surface area contributed by atoms with Crippen molar-refractivity contribution in [2.75, 3.05) is 13.1 Å². The molecular formula is C18H24N3O4S2+. The molecular weight excluding hydrogens is 386 g/mol. The van der Waals surface area contributed by atoms with Crippen molar-refractivity contribution in [1.82, 2.24) is 4.90 Å². The normalized spacial score (nSPS) is 23.4. The zero-order valence-corrected chi connectivity index (χ0v) is 16.8. The topological polar surface area (TPSA) is 117 Å². The third-order valence-electron chi connectivity index (χ3n) is 4.98. The van der Waals surface area contributed by atoms with E-state index in [0.29, 0.717) is 17.0 Å². The second kappa shape index (κ2) is 7.67. The van der Waals surface area contributed by atoms with Crippen LogP contribution in [0.1, 0.15) is 26.2 Å². The van der Waals surface area contributed by atoms with Gasteiger partial charge in [-0.3, -0.25) is 9.93 Å². The molecule has 0 saturated carbocycles. The number of carbonyl (C=O) groups is 1.